The van der Waals surface area contributed by atoms with Crippen LogP contribution in [0.2, 0.25) is 0 Å². The van der Waals surface area contributed by atoms with Crippen LogP contribution in [-0.2, 0) is 23.9 Å². The highest BCUT2D eigenvalue weighted by Gasteiger charge is 2.23. The molecule has 1 amide bonds. The van der Waals surface area contributed by atoms with Crippen molar-refractivity contribution in [3.8, 4) is 11.4 Å². The number of nitrogens with one attached hydrogen (secondary N) is 1. The number of benzene rings is 1. The molecular formula is C20H29N5OS. The van der Waals surface area contributed by atoms with Gasteiger partial charge >= 0.3 is 0 Å². The zero-order valence-corrected chi connectivity index (χ0v) is 17.6. The summed E-state index contributed by atoms with van der Waals surface area (Å²) >= 11 is 5.55. The van der Waals surface area contributed by atoms with E-state index in [1.807, 2.05) is 23.6 Å². The molecule has 1 aromatic carbocycles. The zero-order valence-electron chi connectivity index (χ0n) is 16.8. The first-order valence-corrected chi connectivity index (χ1v) is 9.78. The Morgan fingerprint density at radius 2 is 1.93 bits per heavy atom. The standard InChI is InChI=1S/C20H29N5OS/c1-20(2,3)15-8-6-14(7-9-15)18-22-25(19(27)24(18)5)13-23(4)12-17(26)21-16-10-11-16/h6-9,16H,10-13H2,1-5H3,(H,21,26). The molecule has 7 heteroatoms. The summed E-state index contributed by atoms with van der Waals surface area (Å²) in [5.74, 6) is 0.886. The summed E-state index contributed by atoms with van der Waals surface area (Å²) in [7, 11) is 3.83. The van der Waals surface area contributed by atoms with E-state index in [-0.39, 0.29) is 11.3 Å². The van der Waals surface area contributed by atoms with E-state index in [1.165, 1.54) is 5.56 Å². The van der Waals surface area contributed by atoms with Gasteiger partial charge in [0.25, 0.3) is 0 Å². The van der Waals surface area contributed by atoms with Crippen LogP contribution in [0.5, 0.6) is 0 Å². The van der Waals surface area contributed by atoms with Gasteiger partial charge in [-0.15, -0.1) is 0 Å². The molecule has 0 bridgehead atoms. The minimum absolute atomic E-state index is 0.0560. The number of hydrogen-bond donors (Lipinski definition) is 1. The fourth-order valence-corrected chi connectivity index (χ4v) is 3.16. The lowest BCUT2D eigenvalue weighted by Gasteiger charge is -2.19. The molecule has 1 aromatic heterocycles. The number of hydrogen-bond acceptors (Lipinski definition) is 4. The molecule has 0 spiro atoms. The number of carbonyl (C=O) groups is 1. The highest BCUT2D eigenvalue weighted by molar-refractivity contribution is 7.71. The van der Waals surface area contributed by atoms with Crippen molar-refractivity contribution in [2.24, 2.45) is 7.05 Å². The summed E-state index contributed by atoms with van der Waals surface area (Å²) in [6.45, 7) is 7.42. The summed E-state index contributed by atoms with van der Waals surface area (Å²) in [6.07, 6.45) is 2.19. The number of likely N-dealkylation sites (N-methyl/N-ethyl adjacent to an activating group) is 1. The highest BCUT2D eigenvalue weighted by atomic mass is 32.1. The molecule has 3 rings (SSSR count). The quantitative estimate of drug-likeness (QED) is 0.774. The van der Waals surface area contributed by atoms with Crippen molar-refractivity contribution in [1.82, 2.24) is 24.6 Å². The lowest BCUT2D eigenvalue weighted by Crippen LogP contribution is -2.37. The van der Waals surface area contributed by atoms with E-state index in [0.29, 0.717) is 24.0 Å². The Balaban J connectivity index is 1.73. The molecule has 1 aliphatic carbocycles. The Labute approximate surface area is 166 Å². The minimum atomic E-state index is 0.0560. The summed E-state index contributed by atoms with van der Waals surface area (Å²) in [5, 5.41) is 7.70. The van der Waals surface area contributed by atoms with Gasteiger partial charge in [-0.2, -0.15) is 5.10 Å². The molecular weight excluding hydrogens is 358 g/mol. The average molecular weight is 388 g/mol. The monoisotopic (exact) mass is 387 g/mol. The number of amides is 1. The Bertz CT molecular complexity index is 871. The number of rotatable bonds is 6. The van der Waals surface area contributed by atoms with E-state index < -0.39 is 0 Å². The first kappa shape index (κ1) is 19.8. The maximum atomic E-state index is 12.0. The fourth-order valence-electron chi connectivity index (χ4n) is 2.98. The van der Waals surface area contributed by atoms with Crippen molar-refractivity contribution in [1.29, 1.82) is 0 Å². The van der Waals surface area contributed by atoms with Gasteiger partial charge in [-0.25, -0.2) is 4.68 Å². The first-order valence-electron chi connectivity index (χ1n) is 9.38. The molecule has 0 saturated heterocycles. The Morgan fingerprint density at radius 3 is 2.48 bits per heavy atom. The van der Waals surface area contributed by atoms with Crippen LogP contribution in [0.3, 0.4) is 0 Å². The SMILES string of the molecule is CN(CC(=O)NC1CC1)Cn1nc(-c2ccc(C(C)(C)C)cc2)n(C)c1=S. The molecule has 0 unspecified atom stereocenters. The second kappa shape index (κ2) is 7.56. The van der Waals surface area contributed by atoms with E-state index >= 15 is 0 Å². The third kappa shape index (κ3) is 4.84. The van der Waals surface area contributed by atoms with Crippen molar-refractivity contribution in [3.05, 3.63) is 34.6 Å². The summed E-state index contributed by atoms with van der Waals surface area (Å²) in [5.41, 5.74) is 2.44. The molecule has 0 radical (unpaired) electrons. The van der Waals surface area contributed by atoms with Crippen LogP contribution < -0.4 is 5.32 Å². The molecule has 1 saturated carbocycles. The molecule has 1 heterocycles. The van der Waals surface area contributed by atoms with E-state index in [1.54, 1.807) is 4.68 Å². The molecule has 0 aliphatic heterocycles. The summed E-state index contributed by atoms with van der Waals surface area (Å²) < 4.78 is 4.33. The normalized spacial score (nSPS) is 14.6. The van der Waals surface area contributed by atoms with Crippen LogP contribution in [0.25, 0.3) is 11.4 Å². The highest BCUT2D eigenvalue weighted by Crippen LogP contribution is 2.25. The lowest BCUT2D eigenvalue weighted by molar-refractivity contribution is -0.122. The van der Waals surface area contributed by atoms with Crippen LogP contribution in [0.1, 0.15) is 39.2 Å². The van der Waals surface area contributed by atoms with Gasteiger partial charge in [-0.1, -0.05) is 45.0 Å². The topological polar surface area (TPSA) is 55.1 Å². The Kier molecular flexibility index (Phi) is 5.53. The number of carbonyl (C=O) groups excluding carboxylic acids is 1. The van der Waals surface area contributed by atoms with E-state index in [9.17, 15) is 4.79 Å². The van der Waals surface area contributed by atoms with Gasteiger partial charge in [0.2, 0.25) is 5.91 Å². The fraction of sp³-hybridized carbons (Fsp3) is 0.550. The van der Waals surface area contributed by atoms with E-state index in [0.717, 1.165) is 24.2 Å². The summed E-state index contributed by atoms with van der Waals surface area (Å²) in [6, 6.07) is 8.85. The van der Waals surface area contributed by atoms with Gasteiger partial charge in [-0.05, 0) is 43.1 Å². The number of nitrogens with zero attached hydrogens (tertiary/aromatic N) is 4. The van der Waals surface area contributed by atoms with Crippen LogP contribution >= 0.6 is 12.2 Å². The largest absolute Gasteiger partial charge is 0.352 e. The van der Waals surface area contributed by atoms with E-state index in [4.69, 9.17) is 17.3 Å². The molecule has 1 aliphatic rings. The summed E-state index contributed by atoms with van der Waals surface area (Å²) in [4.78, 5) is 13.9. The average Bonchev–Trinajstić information content (AvgIpc) is 3.35. The van der Waals surface area contributed by atoms with Crippen molar-refractivity contribution < 1.29 is 4.79 Å². The zero-order chi connectivity index (χ0) is 19.8. The lowest BCUT2D eigenvalue weighted by atomic mass is 9.87. The van der Waals surface area contributed by atoms with Crippen molar-refractivity contribution in [3.63, 3.8) is 0 Å². The van der Waals surface area contributed by atoms with Crippen LogP contribution in [-0.4, -0.2) is 44.8 Å². The van der Waals surface area contributed by atoms with Crippen molar-refractivity contribution in [2.75, 3.05) is 13.6 Å². The first-order chi connectivity index (χ1) is 12.6. The van der Waals surface area contributed by atoms with E-state index in [2.05, 4.69) is 50.4 Å². The predicted molar refractivity (Wildman–Crippen MR) is 110 cm³/mol. The van der Waals surface area contributed by atoms with Gasteiger partial charge in [0.05, 0.1) is 13.2 Å². The van der Waals surface area contributed by atoms with Crippen LogP contribution in [0.15, 0.2) is 24.3 Å². The third-order valence-corrected chi connectivity index (χ3v) is 5.27. The number of aromatic nitrogens is 3. The van der Waals surface area contributed by atoms with Gasteiger partial charge in [0.1, 0.15) is 0 Å². The predicted octanol–water partition coefficient (Wildman–Crippen LogP) is 3.08. The molecule has 6 nitrogen and oxygen atoms in total. The molecule has 27 heavy (non-hydrogen) atoms. The van der Waals surface area contributed by atoms with Crippen LogP contribution in [0.4, 0.5) is 0 Å². The maximum absolute atomic E-state index is 12.0. The van der Waals surface area contributed by atoms with Gasteiger partial charge < -0.3 is 9.88 Å². The molecule has 1 fully saturated rings. The van der Waals surface area contributed by atoms with Crippen molar-refractivity contribution >= 4 is 18.1 Å². The Hall–Kier alpha value is -1.99. The maximum Gasteiger partial charge on any atom is 0.234 e. The Morgan fingerprint density at radius 1 is 1.30 bits per heavy atom. The molecule has 2 aromatic rings. The minimum Gasteiger partial charge on any atom is -0.352 e. The van der Waals surface area contributed by atoms with Crippen molar-refractivity contribution in [2.45, 2.75) is 51.7 Å². The molecule has 1 N–H and O–H groups in total. The second-order valence-electron chi connectivity index (χ2n) is 8.49. The van der Waals surface area contributed by atoms with Gasteiger partial charge in [0, 0.05) is 18.7 Å². The van der Waals surface area contributed by atoms with Gasteiger partial charge in [0.15, 0.2) is 10.6 Å². The van der Waals surface area contributed by atoms with Crippen LogP contribution in [0, 0.1) is 4.77 Å². The molecule has 146 valence electrons. The molecule has 0 atom stereocenters. The second-order valence-corrected chi connectivity index (χ2v) is 8.85. The van der Waals surface area contributed by atoms with Gasteiger partial charge in [-0.3, -0.25) is 9.69 Å². The smallest absolute Gasteiger partial charge is 0.234 e. The third-order valence-electron chi connectivity index (χ3n) is 4.78.